The Kier molecular flexibility index (Phi) is 6.37. The summed E-state index contributed by atoms with van der Waals surface area (Å²) in [4.78, 5) is 0. The minimum absolute atomic E-state index is 0.350. The second-order valence-electron chi connectivity index (χ2n) is 6.01. The van der Waals surface area contributed by atoms with Crippen LogP contribution in [0.4, 0.5) is 0 Å². The lowest BCUT2D eigenvalue weighted by Gasteiger charge is -2.27. The first-order valence-corrected chi connectivity index (χ1v) is 8.38. The van der Waals surface area contributed by atoms with Gasteiger partial charge in [-0.3, -0.25) is 0 Å². The van der Waals surface area contributed by atoms with Gasteiger partial charge in [-0.2, -0.15) is 0 Å². The molecule has 1 heterocycles. The molecular weight excluding hydrogens is 262 g/mol. The van der Waals surface area contributed by atoms with E-state index in [4.69, 9.17) is 9.47 Å². The molecule has 0 aromatic heterocycles. The Bertz CT molecular complexity index is 433. The first-order chi connectivity index (χ1) is 10.3. The van der Waals surface area contributed by atoms with E-state index in [1.807, 2.05) is 6.07 Å². The molecule has 2 atom stereocenters. The monoisotopic (exact) mass is 291 g/mol. The highest BCUT2D eigenvalue weighted by Gasteiger charge is 2.23. The second kappa shape index (κ2) is 8.28. The van der Waals surface area contributed by atoms with Gasteiger partial charge in [-0.15, -0.1) is 0 Å². The van der Waals surface area contributed by atoms with E-state index in [0.717, 1.165) is 30.9 Å². The van der Waals surface area contributed by atoms with Crippen LogP contribution in [-0.2, 0) is 0 Å². The van der Waals surface area contributed by atoms with Gasteiger partial charge >= 0.3 is 0 Å². The summed E-state index contributed by atoms with van der Waals surface area (Å²) in [5, 5.41) is 3.69. The van der Waals surface area contributed by atoms with E-state index in [-0.39, 0.29) is 0 Å². The maximum absolute atomic E-state index is 5.89. The molecule has 118 valence electrons. The van der Waals surface area contributed by atoms with Gasteiger partial charge in [0.25, 0.3) is 0 Å². The first kappa shape index (κ1) is 16.2. The third-order valence-corrected chi connectivity index (χ3v) is 4.03. The number of nitrogens with one attached hydrogen (secondary N) is 1. The van der Waals surface area contributed by atoms with E-state index in [2.05, 4.69) is 38.2 Å². The smallest absolute Gasteiger partial charge is 0.166 e. The maximum atomic E-state index is 5.89. The van der Waals surface area contributed by atoms with E-state index >= 15 is 0 Å². The minimum Gasteiger partial charge on any atom is -0.486 e. The molecular formula is C18H29NO2. The quantitative estimate of drug-likeness (QED) is 0.773. The summed E-state index contributed by atoms with van der Waals surface area (Å²) >= 11 is 0. The highest BCUT2D eigenvalue weighted by molar-refractivity contribution is 5.48. The van der Waals surface area contributed by atoms with Crippen molar-refractivity contribution >= 4 is 0 Å². The lowest BCUT2D eigenvalue weighted by atomic mass is 9.92. The number of hydrogen-bond donors (Lipinski definition) is 1. The number of fused-ring (bicyclic) bond motifs is 1. The number of benzene rings is 1. The van der Waals surface area contributed by atoms with Crippen molar-refractivity contribution < 1.29 is 9.47 Å². The average molecular weight is 291 g/mol. The Morgan fingerprint density at radius 1 is 1.14 bits per heavy atom. The highest BCUT2D eigenvalue weighted by Crippen LogP contribution is 2.39. The molecule has 21 heavy (non-hydrogen) atoms. The molecule has 1 aromatic rings. The van der Waals surface area contributed by atoms with Gasteiger partial charge in [-0.1, -0.05) is 45.7 Å². The molecule has 2 rings (SSSR count). The number of ether oxygens (including phenoxy) is 2. The first-order valence-electron chi connectivity index (χ1n) is 8.38. The van der Waals surface area contributed by atoms with E-state index in [1.54, 1.807) is 0 Å². The van der Waals surface area contributed by atoms with E-state index in [0.29, 0.717) is 25.2 Å². The van der Waals surface area contributed by atoms with Gasteiger partial charge in [0, 0.05) is 11.6 Å². The van der Waals surface area contributed by atoms with E-state index < -0.39 is 0 Å². The van der Waals surface area contributed by atoms with Gasteiger partial charge in [-0.05, 0) is 31.4 Å². The Hall–Kier alpha value is -1.22. The molecule has 0 bridgehead atoms. The topological polar surface area (TPSA) is 30.5 Å². The summed E-state index contributed by atoms with van der Waals surface area (Å²) in [5.41, 5.74) is 1.25. The van der Waals surface area contributed by atoms with Crippen LogP contribution in [-0.4, -0.2) is 19.8 Å². The largest absolute Gasteiger partial charge is 0.486 e. The summed E-state index contributed by atoms with van der Waals surface area (Å²) in [6.07, 6.45) is 4.81. The summed E-state index contributed by atoms with van der Waals surface area (Å²) < 4.78 is 11.6. The lowest BCUT2D eigenvalue weighted by molar-refractivity contribution is 0.168. The van der Waals surface area contributed by atoms with Gasteiger partial charge in [0.15, 0.2) is 11.5 Å². The summed E-state index contributed by atoms with van der Waals surface area (Å²) in [5.74, 6) is 2.55. The summed E-state index contributed by atoms with van der Waals surface area (Å²) in [6, 6.07) is 6.61. The van der Waals surface area contributed by atoms with Crippen LogP contribution in [0.25, 0.3) is 0 Å². The fraction of sp³-hybridized carbons (Fsp3) is 0.667. The van der Waals surface area contributed by atoms with Crippen molar-refractivity contribution in [3.05, 3.63) is 23.8 Å². The molecule has 0 fully saturated rings. The van der Waals surface area contributed by atoms with Crippen LogP contribution in [0.15, 0.2) is 18.2 Å². The molecule has 3 nitrogen and oxygen atoms in total. The highest BCUT2D eigenvalue weighted by atomic mass is 16.6. The normalized spacial score (nSPS) is 16.5. The Balaban J connectivity index is 2.19. The number of hydrogen-bond acceptors (Lipinski definition) is 3. The van der Waals surface area contributed by atoms with Crippen molar-refractivity contribution in [1.29, 1.82) is 0 Å². The third-order valence-electron chi connectivity index (χ3n) is 4.03. The van der Waals surface area contributed by atoms with Gasteiger partial charge < -0.3 is 14.8 Å². The van der Waals surface area contributed by atoms with E-state index in [9.17, 15) is 0 Å². The number of rotatable bonds is 8. The fourth-order valence-electron chi connectivity index (χ4n) is 3.02. The van der Waals surface area contributed by atoms with E-state index in [1.165, 1.54) is 18.4 Å². The van der Waals surface area contributed by atoms with Crippen molar-refractivity contribution in [3.8, 4) is 11.5 Å². The molecule has 2 unspecified atom stereocenters. The van der Waals surface area contributed by atoms with Gasteiger partial charge in [0.05, 0.1) is 0 Å². The van der Waals surface area contributed by atoms with Gasteiger partial charge in [-0.25, -0.2) is 0 Å². The lowest BCUT2D eigenvalue weighted by Crippen LogP contribution is -2.26. The predicted molar refractivity (Wildman–Crippen MR) is 87.2 cm³/mol. The van der Waals surface area contributed by atoms with Crippen molar-refractivity contribution in [2.24, 2.45) is 5.92 Å². The van der Waals surface area contributed by atoms with Crippen LogP contribution in [0.2, 0.25) is 0 Å². The zero-order chi connectivity index (χ0) is 15.1. The van der Waals surface area contributed by atoms with Gasteiger partial charge in [0.1, 0.15) is 13.2 Å². The Labute approximate surface area is 129 Å². The molecule has 0 aliphatic carbocycles. The van der Waals surface area contributed by atoms with Crippen LogP contribution in [0.1, 0.15) is 58.1 Å². The molecule has 0 saturated carbocycles. The molecule has 1 aliphatic heterocycles. The molecule has 0 radical (unpaired) electrons. The molecule has 1 N–H and O–H groups in total. The summed E-state index contributed by atoms with van der Waals surface area (Å²) in [7, 11) is 0. The SMILES string of the molecule is CCCNC(CC(C)CCC)c1cccc2c1OCCO2. The van der Waals surface area contributed by atoms with Crippen LogP contribution < -0.4 is 14.8 Å². The van der Waals surface area contributed by atoms with Crippen LogP contribution in [0, 0.1) is 5.92 Å². The molecule has 3 heteroatoms. The van der Waals surface area contributed by atoms with Gasteiger partial charge in [0.2, 0.25) is 0 Å². The fourth-order valence-corrected chi connectivity index (χ4v) is 3.02. The van der Waals surface area contributed by atoms with Crippen molar-refractivity contribution in [1.82, 2.24) is 5.32 Å². The van der Waals surface area contributed by atoms with Crippen LogP contribution in [0.5, 0.6) is 11.5 Å². The molecule has 0 spiro atoms. The minimum atomic E-state index is 0.350. The second-order valence-corrected chi connectivity index (χ2v) is 6.01. The zero-order valence-electron chi connectivity index (χ0n) is 13.7. The van der Waals surface area contributed by atoms with Crippen LogP contribution in [0.3, 0.4) is 0 Å². The maximum Gasteiger partial charge on any atom is 0.166 e. The van der Waals surface area contributed by atoms with Crippen molar-refractivity contribution in [2.45, 2.75) is 52.5 Å². The Morgan fingerprint density at radius 3 is 2.71 bits per heavy atom. The van der Waals surface area contributed by atoms with Crippen molar-refractivity contribution in [2.75, 3.05) is 19.8 Å². The van der Waals surface area contributed by atoms with Crippen molar-refractivity contribution in [3.63, 3.8) is 0 Å². The van der Waals surface area contributed by atoms with Crippen LogP contribution >= 0.6 is 0 Å². The third kappa shape index (κ3) is 4.37. The Morgan fingerprint density at radius 2 is 1.95 bits per heavy atom. The number of para-hydroxylation sites is 1. The molecule has 1 aromatic carbocycles. The average Bonchev–Trinajstić information content (AvgIpc) is 2.51. The zero-order valence-corrected chi connectivity index (χ0v) is 13.7. The summed E-state index contributed by atoms with van der Waals surface area (Å²) in [6.45, 7) is 9.14. The predicted octanol–water partition coefficient (Wildman–Crippen LogP) is 4.32. The molecule has 0 amide bonds. The molecule has 1 aliphatic rings. The molecule has 0 saturated heterocycles. The standard InChI is InChI=1S/C18H29NO2/c1-4-7-14(3)13-16(19-10-5-2)15-8-6-9-17-18(15)21-12-11-20-17/h6,8-9,14,16,19H,4-5,7,10-13H2,1-3H3.